The fourth-order valence-corrected chi connectivity index (χ4v) is 3.35. The highest BCUT2D eigenvalue weighted by molar-refractivity contribution is 5.77. The first-order valence-corrected chi connectivity index (χ1v) is 10.2. The number of ether oxygens (including phenoxy) is 1. The highest BCUT2D eigenvalue weighted by Crippen LogP contribution is 2.22. The summed E-state index contributed by atoms with van der Waals surface area (Å²) in [6.45, 7) is 4.46. The summed E-state index contributed by atoms with van der Waals surface area (Å²) in [6.07, 6.45) is 5.32. The van der Waals surface area contributed by atoms with Gasteiger partial charge in [0.2, 0.25) is 5.91 Å². The van der Waals surface area contributed by atoms with Gasteiger partial charge >= 0.3 is 6.03 Å². The fourth-order valence-electron chi connectivity index (χ4n) is 3.35. The molecule has 1 heterocycles. The lowest BCUT2D eigenvalue weighted by Gasteiger charge is -2.43. The van der Waals surface area contributed by atoms with E-state index in [0.717, 1.165) is 25.7 Å². The molecule has 0 spiro atoms. The molecule has 0 aromatic heterocycles. The third kappa shape index (κ3) is 7.86. The van der Waals surface area contributed by atoms with Crippen molar-refractivity contribution >= 4 is 11.9 Å². The highest BCUT2D eigenvalue weighted by Gasteiger charge is 2.38. The van der Waals surface area contributed by atoms with E-state index in [9.17, 15) is 9.59 Å². The van der Waals surface area contributed by atoms with Crippen LogP contribution >= 0.6 is 0 Å². The smallest absolute Gasteiger partial charge is 0.315 e. The van der Waals surface area contributed by atoms with Crippen LogP contribution in [0.3, 0.4) is 0 Å². The van der Waals surface area contributed by atoms with Crippen molar-refractivity contribution in [1.82, 2.24) is 16.0 Å². The maximum absolute atomic E-state index is 12.1. The maximum atomic E-state index is 12.1. The second kappa shape index (κ2) is 11.7. The SMILES string of the molecule is CCCCCCNC(=O)N[C@@H](CNC1(Cc2ccccc2)COC1)CC(N)=O. The number of hydrogen-bond acceptors (Lipinski definition) is 4. The molecular weight excluding hydrogens is 356 g/mol. The van der Waals surface area contributed by atoms with E-state index in [1.807, 2.05) is 18.2 Å². The summed E-state index contributed by atoms with van der Waals surface area (Å²) in [5.74, 6) is -0.433. The van der Waals surface area contributed by atoms with Crippen LogP contribution in [0.25, 0.3) is 0 Å². The van der Waals surface area contributed by atoms with Gasteiger partial charge < -0.3 is 26.4 Å². The second-order valence-electron chi connectivity index (χ2n) is 7.64. The Morgan fingerprint density at radius 2 is 1.93 bits per heavy atom. The van der Waals surface area contributed by atoms with E-state index in [1.165, 1.54) is 12.0 Å². The molecule has 1 saturated heterocycles. The van der Waals surface area contributed by atoms with Gasteiger partial charge in [-0.15, -0.1) is 0 Å². The highest BCUT2D eigenvalue weighted by atomic mass is 16.5. The monoisotopic (exact) mass is 390 g/mol. The zero-order valence-electron chi connectivity index (χ0n) is 16.8. The molecular formula is C21H34N4O3. The largest absolute Gasteiger partial charge is 0.377 e. The van der Waals surface area contributed by atoms with Gasteiger partial charge in [-0.25, -0.2) is 4.79 Å². The van der Waals surface area contributed by atoms with Crippen LogP contribution < -0.4 is 21.7 Å². The van der Waals surface area contributed by atoms with Crippen LogP contribution in [-0.4, -0.2) is 49.8 Å². The van der Waals surface area contributed by atoms with E-state index < -0.39 is 5.91 Å². The number of primary amides is 1. The van der Waals surface area contributed by atoms with Crippen molar-refractivity contribution in [3.8, 4) is 0 Å². The molecule has 1 atom stereocenters. The van der Waals surface area contributed by atoms with Crippen LogP contribution in [0.15, 0.2) is 30.3 Å². The lowest BCUT2D eigenvalue weighted by molar-refractivity contribution is -0.118. The number of benzene rings is 1. The first-order chi connectivity index (χ1) is 13.5. The normalized spacial score (nSPS) is 16.0. The molecule has 0 aliphatic carbocycles. The first-order valence-electron chi connectivity index (χ1n) is 10.2. The molecule has 2 rings (SSSR count). The van der Waals surface area contributed by atoms with Crippen LogP contribution in [0, 0.1) is 0 Å². The van der Waals surface area contributed by atoms with Crippen LogP contribution in [0.4, 0.5) is 4.79 Å². The third-order valence-electron chi connectivity index (χ3n) is 4.96. The minimum absolute atomic E-state index is 0.0958. The van der Waals surface area contributed by atoms with Gasteiger partial charge in [0.1, 0.15) is 0 Å². The van der Waals surface area contributed by atoms with Gasteiger partial charge in [-0.3, -0.25) is 4.79 Å². The number of unbranched alkanes of at least 4 members (excludes halogenated alkanes) is 3. The summed E-state index contributed by atoms with van der Waals surface area (Å²) < 4.78 is 5.44. The van der Waals surface area contributed by atoms with Gasteiger partial charge in [0.05, 0.1) is 24.8 Å². The number of amides is 3. The predicted octanol–water partition coefficient (Wildman–Crippen LogP) is 1.71. The summed E-state index contributed by atoms with van der Waals surface area (Å²) in [7, 11) is 0. The Hall–Kier alpha value is -2.12. The molecule has 0 bridgehead atoms. The number of urea groups is 1. The second-order valence-corrected chi connectivity index (χ2v) is 7.64. The Labute approximate surface area is 167 Å². The number of rotatable bonds is 13. The van der Waals surface area contributed by atoms with Crippen LogP contribution in [0.5, 0.6) is 0 Å². The lowest BCUT2D eigenvalue weighted by Crippen LogP contribution is -2.64. The Bertz CT molecular complexity index is 605. The molecule has 5 N–H and O–H groups in total. The van der Waals surface area contributed by atoms with Crippen molar-refractivity contribution in [2.24, 2.45) is 5.73 Å². The number of nitrogens with one attached hydrogen (secondary N) is 3. The van der Waals surface area contributed by atoms with Gasteiger partial charge in [0, 0.05) is 19.5 Å². The molecule has 0 unspecified atom stereocenters. The number of hydrogen-bond donors (Lipinski definition) is 4. The number of nitrogens with two attached hydrogens (primary N) is 1. The average Bonchev–Trinajstić information content (AvgIpc) is 2.64. The topological polar surface area (TPSA) is 105 Å². The molecule has 0 saturated carbocycles. The lowest BCUT2D eigenvalue weighted by atomic mass is 9.88. The minimum atomic E-state index is -0.433. The van der Waals surface area contributed by atoms with E-state index in [0.29, 0.717) is 26.3 Å². The Kier molecular flexibility index (Phi) is 9.23. The summed E-state index contributed by atoms with van der Waals surface area (Å²) in [4.78, 5) is 23.6. The van der Waals surface area contributed by atoms with Crippen LogP contribution in [0.1, 0.15) is 44.6 Å². The molecule has 7 nitrogen and oxygen atoms in total. The van der Waals surface area contributed by atoms with Crippen molar-refractivity contribution < 1.29 is 14.3 Å². The summed E-state index contributed by atoms with van der Waals surface area (Å²) >= 11 is 0. The molecule has 0 radical (unpaired) electrons. The van der Waals surface area contributed by atoms with Gasteiger partial charge in [0.25, 0.3) is 0 Å². The van der Waals surface area contributed by atoms with Gasteiger partial charge in [-0.05, 0) is 18.4 Å². The third-order valence-corrected chi connectivity index (χ3v) is 4.96. The molecule has 7 heteroatoms. The Balaban J connectivity index is 1.81. The van der Waals surface area contributed by atoms with E-state index in [-0.39, 0.29) is 24.0 Å². The van der Waals surface area contributed by atoms with E-state index in [2.05, 4.69) is 35.0 Å². The summed E-state index contributed by atoms with van der Waals surface area (Å²) in [5.41, 5.74) is 6.42. The molecule has 3 amide bonds. The summed E-state index contributed by atoms with van der Waals surface area (Å²) in [6, 6.07) is 9.59. The van der Waals surface area contributed by atoms with E-state index >= 15 is 0 Å². The van der Waals surface area contributed by atoms with Crippen molar-refractivity contribution in [2.45, 2.75) is 57.0 Å². The van der Waals surface area contributed by atoms with Gasteiger partial charge in [-0.1, -0.05) is 56.5 Å². The number of carbonyl (C=O) groups is 2. The van der Waals surface area contributed by atoms with E-state index in [1.54, 1.807) is 0 Å². The summed E-state index contributed by atoms with van der Waals surface area (Å²) in [5, 5.41) is 9.23. The predicted molar refractivity (Wildman–Crippen MR) is 110 cm³/mol. The molecule has 28 heavy (non-hydrogen) atoms. The Morgan fingerprint density at radius 3 is 2.54 bits per heavy atom. The molecule has 1 aromatic carbocycles. The Morgan fingerprint density at radius 1 is 1.18 bits per heavy atom. The van der Waals surface area contributed by atoms with Crippen LogP contribution in [-0.2, 0) is 16.0 Å². The quantitative estimate of drug-likeness (QED) is 0.385. The van der Waals surface area contributed by atoms with Crippen molar-refractivity contribution in [3.05, 3.63) is 35.9 Å². The van der Waals surface area contributed by atoms with Crippen molar-refractivity contribution in [2.75, 3.05) is 26.3 Å². The zero-order valence-corrected chi connectivity index (χ0v) is 16.8. The molecule has 1 aliphatic rings. The number of carbonyl (C=O) groups excluding carboxylic acids is 2. The zero-order chi connectivity index (χ0) is 20.2. The van der Waals surface area contributed by atoms with Gasteiger partial charge in [-0.2, -0.15) is 0 Å². The standard InChI is InChI=1S/C21H34N4O3/c1-2-3-4-8-11-23-20(27)25-18(12-19(22)26)14-24-21(15-28-16-21)13-17-9-6-5-7-10-17/h5-7,9-10,18,24H,2-4,8,11-16H2,1H3,(H2,22,26)(H2,23,25,27)/t18-/m1/s1. The molecule has 156 valence electrons. The van der Waals surface area contributed by atoms with Crippen molar-refractivity contribution in [1.29, 1.82) is 0 Å². The first kappa shape index (κ1) is 22.2. The molecule has 1 aromatic rings. The van der Waals surface area contributed by atoms with E-state index in [4.69, 9.17) is 10.5 Å². The van der Waals surface area contributed by atoms with Crippen molar-refractivity contribution in [3.63, 3.8) is 0 Å². The molecule has 1 fully saturated rings. The fraction of sp³-hybridized carbons (Fsp3) is 0.619. The van der Waals surface area contributed by atoms with Gasteiger partial charge in [0.15, 0.2) is 0 Å². The molecule has 1 aliphatic heterocycles. The maximum Gasteiger partial charge on any atom is 0.315 e. The van der Waals surface area contributed by atoms with Crippen LogP contribution in [0.2, 0.25) is 0 Å². The average molecular weight is 391 g/mol. The minimum Gasteiger partial charge on any atom is -0.377 e.